The lowest BCUT2D eigenvalue weighted by molar-refractivity contribution is 0.633. The first-order valence-corrected chi connectivity index (χ1v) is 7.25. The van der Waals surface area contributed by atoms with Gasteiger partial charge in [0.15, 0.2) is 0 Å². The Bertz CT molecular complexity index is 781. The summed E-state index contributed by atoms with van der Waals surface area (Å²) in [4.78, 5) is 0. The van der Waals surface area contributed by atoms with Gasteiger partial charge in [-0.3, -0.25) is 9.36 Å². The molecule has 2 N–H and O–H groups in total. The molecule has 0 aliphatic carbocycles. The van der Waals surface area contributed by atoms with E-state index >= 15 is 0 Å². The van der Waals surface area contributed by atoms with Crippen molar-refractivity contribution in [2.75, 3.05) is 6.54 Å². The van der Waals surface area contributed by atoms with Gasteiger partial charge in [-0.05, 0) is 38.4 Å². The van der Waals surface area contributed by atoms with Gasteiger partial charge in [0.25, 0.3) is 0 Å². The van der Waals surface area contributed by atoms with Gasteiger partial charge in [0.2, 0.25) is 0 Å². The van der Waals surface area contributed by atoms with Crippen molar-refractivity contribution in [3.63, 3.8) is 0 Å². The fourth-order valence-electron chi connectivity index (χ4n) is 2.94. The summed E-state index contributed by atoms with van der Waals surface area (Å²) in [7, 11) is 1.98. The van der Waals surface area contributed by atoms with Crippen molar-refractivity contribution in [3.8, 4) is 0 Å². The predicted octanol–water partition coefficient (Wildman–Crippen LogP) is 1.94. The Hall–Kier alpha value is -2.14. The zero-order valence-corrected chi connectivity index (χ0v) is 12.8. The fraction of sp³-hybridized carbons (Fsp3) is 0.375. The van der Waals surface area contributed by atoms with Crippen molar-refractivity contribution < 1.29 is 0 Å². The summed E-state index contributed by atoms with van der Waals surface area (Å²) in [6, 6.07) is 8.29. The Morgan fingerprint density at radius 3 is 2.67 bits per heavy atom. The maximum absolute atomic E-state index is 5.69. The largest absolute Gasteiger partial charge is 0.330 e. The van der Waals surface area contributed by atoms with Crippen LogP contribution in [0.4, 0.5) is 0 Å². The van der Waals surface area contributed by atoms with E-state index in [2.05, 4.69) is 35.3 Å². The lowest BCUT2D eigenvalue weighted by Crippen LogP contribution is -2.07. The summed E-state index contributed by atoms with van der Waals surface area (Å²) in [5, 5.41) is 10.5. The molecule has 0 atom stereocenters. The minimum absolute atomic E-state index is 0.653. The van der Waals surface area contributed by atoms with Crippen molar-refractivity contribution in [2.45, 2.75) is 26.8 Å². The minimum atomic E-state index is 0.653. The Morgan fingerprint density at radius 2 is 1.90 bits per heavy atom. The van der Waals surface area contributed by atoms with Gasteiger partial charge >= 0.3 is 0 Å². The van der Waals surface area contributed by atoms with Crippen molar-refractivity contribution in [1.82, 2.24) is 19.6 Å². The standard InChI is InChI=1S/C16H21N5/c1-11-13(8-9-17)12(2)21(18-11)10-15-14-6-4-5-7-16(14)20(3)19-15/h4-7H,8-10,17H2,1-3H3. The molecular weight excluding hydrogens is 262 g/mol. The maximum atomic E-state index is 5.69. The number of aryl methyl sites for hydroxylation is 2. The number of aromatic nitrogens is 4. The first-order valence-electron chi connectivity index (χ1n) is 7.25. The van der Waals surface area contributed by atoms with Crippen LogP contribution in [0.3, 0.4) is 0 Å². The van der Waals surface area contributed by atoms with Crippen molar-refractivity contribution in [1.29, 1.82) is 0 Å². The molecule has 0 saturated carbocycles. The van der Waals surface area contributed by atoms with Gasteiger partial charge in [-0.25, -0.2) is 0 Å². The van der Waals surface area contributed by atoms with E-state index < -0.39 is 0 Å². The Balaban J connectivity index is 2.01. The number of fused-ring (bicyclic) bond motifs is 1. The van der Waals surface area contributed by atoms with Gasteiger partial charge in [-0.2, -0.15) is 10.2 Å². The molecule has 0 saturated heterocycles. The molecule has 0 aliphatic heterocycles. The first kappa shape index (κ1) is 13.8. The molecular formula is C16H21N5. The molecule has 0 unspecified atom stereocenters. The molecule has 5 nitrogen and oxygen atoms in total. The Morgan fingerprint density at radius 1 is 1.14 bits per heavy atom. The zero-order chi connectivity index (χ0) is 15.0. The van der Waals surface area contributed by atoms with E-state index in [9.17, 15) is 0 Å². The zero-order valence-electron chi connectivity index (χ0n) is 12.8. The smallest absolute Gasteiger partial charge is 0.0918 e. The molecule has 21 heavy (non-hydrogen) atoms. The van der Waals surface area contributed by atoms with E-state index in [0.717, 1.165) is 23.3 Å². The van der Waals surface area contributed by atoms with Crippen LogP contribution in [0.1, 0.15) is 22.6 Å². The molecule has 0 radical (unpaired) electrons. The highest BCUT2D eigenvalue weighted by molar-refractivity contribution is 5.81. The molecule has 3 rings (SSSR count). The van der Waals surface area contributed by atoms with Crippen LogP contribution >= 0.6 is 0 Å². The second-order valence-electron chi connectivity index (χ2n) is 5.43. The maximum Gasteiger partial charge on any atom is 0.0918 e. The lowest BCUT2D eigenvalue weighted by atomic mass is 10.1. The van der Waals surface area contributed by atoms with Gasteiger partial charge < -0.3 is 5.73 Å². The highest BCUT2D eigenvalue weighted by Gasteiger charge is 2.14. The van der Waals surface area contributed by atoms with E-state index in [1.807, 2.05) is 29.4 Å². The highest BCUT2D eigenvalue weighted by atomic mass is 15.3. The highest BCUT2D eigenvalue weighted by Crippen LogP contribution is 2.20. The summed E-state index contributed by atoms with van der Waals surface area (Å²) in [6.07, 6.45) is 0.876. The molecule has 0 aliphatic rings. The minimum Gasteiger partial charge on any atom is -0.330 e. The average Bonchev–Trinajstić information content (AvgIpc) is 2.93. The van der Waals surface area contributed by atoms with Gasteiger partial charge in [0.1, 0.15) is 0 Å². The molecule has 110 valence electrons. The van der Waals surface area contributed by atoms with Crippen LogP contribution in [0.25, 0.3) is 10.9 Å². The molecule has 2 heterocycles. The molecule has 0 fully saturated rings. The second kappa shape index (κ2) is 5.33. The van der Waals surface area contributed by atoms with Gasteiger partial charge in [0, 0.05) is 18.1 Å². The van der Waals surface area contributed by atoms with E-state index in [-0.39, 0.29) is 0 Å². The van der Waals surface area contributed by atoms with E-state index in [4.69, 9.17) is 5.73 Å². The van der Waals surface area contributed by atoms with Gasteiger partial charge in [0.05, 0.1) is 23.4 Å². The number of rotatable bonds is 4. The van der Waals surface area contributed by atoms with E-state index in [0.29, 0.717) is 13.1 Å². The monoisotopic (exact) mass is 283 g/mol. The summed E-state index contributed by atoms with van der Waals surface area (Å²) in [6.45, 7) is 5.50. The summed E-state index contributed by atoms with van der Waals surface area (Å²) in [5.74, 6) is 0. The SMILES string of the molecule is Cc1nn(Cc2nn(C)c3ccccc23)c(C)c1CCN. The number of hydrogen-bond donors (Lipinski definition) is 1. The predicted molar refractivity (Wildman–Crippen MR) is 84.3 cm³/mol. The van der Waals surface area contributed by atoms with Crippen LogP contribution in [0.5, 0.6) is 0 Å². The third kappa shape index (κ3) is 2.34. The Kier molecular flexibility index (Phi) is 3.51. The van der Waals surface area contributed by atoms with Gasteiger partial charge in [-0.1, -0.05) is 18.2 Å². The summed E-state index contributed by atoms with van der Waals surface area (Å²) in [5.41, 5.74) is 11.4. The molecule has 2 aromatic heterocycles. The molecule has 0 spiro atoms. The number of nitrogens with two attached hydrogens (primary N) is 1. The van der Waals surface area contributed by atoms with Crippen LogP contribution in [0.15, 0.2) is 24.3 Å². The van der Waals surface area contributed by atoms with Crippen molar-refractivity contribution >= 4 is 10.9 Å². The summed E-state index contributed by atoms with van der Waals surface area (Å²) >= 11 is 0. The van der Waals surface area contributed by atoms with Crippen LogP contribution in [0.2, 0.25) is 0 Å². The third-order valence-corrected chi connectivity index (χ3v) is 4.06. The number of para-hydroxylation sites is 1. The van der Waals surface area contributed by atoms with Crippen molar-refractivity contribution in [3.05, 3.63) is 46.9 Å². The number of nitrogens with zero attached hydrogens (tertiary/aromatic N) is 4. The fourth-order valence-corrected chi connectivity index (χ4v) is 2.94. The van der Waals surface area contributed by atoms with E-state index in [1.54, 1.807) is 0 Å². The normalized spacial score (nSPS) is 11.4. The van der Waals surface area contributed by atoms with Crippen LogP contribution in [-0.4, -0.2) is 26.1 Å². The average molecular weight is 283 g/mol. The molecule has 5 heteroatoms. The lowest BCUT2D eigenvalue weighted by Gasteiger charge is -2.03. The van der Waals surface area contributed by atoms with Crippen molar-refractivity contribution in [2.24, 2.45) is 12.8 Å². The molecule has 3 aromatic rings. The van der Waals surface area contributed by atoms with Crippen LogP contribution in [0, 0.1) is 13.8 Å². The molecule has 0 bridgehead atoms. The second-order valence-corrected chi connectivity index (χ2v) is 5.43. The quantitative estimate of drug-likeness (QED) is 0.796. The topological polar surface area (TPSA) is 61.7 Å². The van der Waals surface area contributed by atoms with Gasteiger partial charge in [-0.15, -0.1) is 0 Å². The Labute approximate surface area is 124 Å². The molecule has 1 aromatic carbocycles. The number of hydrogen-bond acceptors (Lipinski definition) is 3. The van der Waals surface area contributed by atoms with Crippen LogP contribution < -0.4 is 5.73 Å². The van der Waals surface area contributed by atoms with E-state index in [1.165, 1.54) is 16.6 Å². The first-order chi connectivity index (χ1) is 10.1. The number of benzene rings is 1. The summed E-state index contributed by atoms with van der Waals surface area (Å²) < 4.78 is 3.96. The third-order valence-electron chi connectivity index (χ3n) is 4.06. The molecule has 0 amide bonds. The van der Waals surface area contributed by atoms with Crippen LogP contribution in [-0.2, 0) is 20.0 Å².